The van der Waals surface area contributed by atoms with Crippen LogP contribution in [-0.4, -0.2) is 30.2 Å². The molecule has 0 saturated carbocycles. The Balaban J connectivity index is 3.48. The number of rotatable bonds is 5. The van der Waals surface area contributed by atoms with Gasteiger partial charge in [-0.05, 0) is 27.7 Å². The molecule has 0 amide bonds. The standard InChI is InChI=1S/C8H18O3/c1-5-10-8(4)11-7(3)6(2)9/h6-9H,5H2,1-4H3. The Morgan fingerprint density at radius 3 is 2.18 bits per heavy atom. The van der Waals surface area contributed by atoms with Crippen LogP contribution in [0.4, 0.5) is 0 Å². The molecule has 3 atom stereocenters. The Morgan fingerprint density at radius 2 is 1.82 bits per heavy atom. The normalized spacial score (nSPS) is 19.4. The van der Waals surface area contributed by atoms with Gasteiger partial charge in [0.1, 0.15) is 0 Å². The van der Waals surface area contributed by atoms with Crippen LogP contribution in [0, 0.1) is 0 Å². The second kappa shape index (κ2) is 5.52. The topological polar surface area (TPSA) is 38.7 Å². The van der Waals surface area contributed by atoms with Gasteiger partial charge >= 0.3 is 0 Å². The minimum absolute atomic E-state index is 0.170. The molecule has 0 aliphatic rings. The highest BCUT2D eigenvalue weighted by atomic mass is 16.7. The van der Waals surface area contributed by atoms with Crippen molar-refractivity contribution in [2.24, 2.45) is 0 Å². The van der Waals surface area contributed by atoms with Crippen LogP contribution in [0.5, 0.6) is 0 Å². The number of aliphatic hydroxyl groups excluding tert-OH is 1. The number of ether oxygens (including phenoxy) is 2. The molecule has 3 heteroatoms. The Bertz CT molecular complexity index is 93.3. The van der Waals surface area contributed by atoms with Gasteiger partial charge in [-0.25, -0.2) is 0 Å². The molecule has 0 spiro atoms. The first-order chi connectivity index (χ1) is 5.07. The zero-order chi connectivity index (χ0) is 8.85. The van der Waals surface area contributed by atoms with Gasteiger partial charge in [-0.2, -0.15) is 0 Å². The van der Waals surface area contributed by atoms with Crippen LogP contribution in [0.25, 0.3) is 0 Å². The fraction of sp³-hybridized carbons (Fsp3) is 1.00. The third-order valence-corrected chi connectivity index (χ3v) is 1.49. The van der Waals surface area contributed by atoms with E-state index in [4.69, 9.17) is 14.6 Å². The van der Waals surface area contributed by atoms with Crippen LogP contribution in [0.3, 0.4) is 0 Å². The molecule has 0 aromatic rings. The Kier molecular flexibility index (Phi) is 5.46. The molecule has 0 heterocycles. The zero-order valence-electron chi connectivity index (χ0n) is 7.70. The first-order valence-electron chi connectivity index (χ1n) is 4.03. The molecule has 0 rings (SSSR count). The lowest BCUT2D eigenvalue weighted by molar-refractivity contribution is -0.173. The quantitative estimate of drug-likeness (QED) is 0.616. The van der Waals surface area contributed by atoms with Crippen LogP contribution in [0.15, 0.2) is 0 Å². The second-order valence-electron chi connectivity index (χ2n) is 2.60. The summed E-state index contributed by atoms with van der Waals surface area (Å²) in [5.41, 5.74) is 0. The maximum atomic E-state index is 9.06. The summed E-state index contributed by atoms with van der Waals surface area (Å²) < 4.78 is 10.4. The van der Waals surface area contributed by atoms with Crippen molar-refractivity contribution in [1.82, 2.24) is 0 Å². The Morgan fingerprint density at radius 1 is 1.27 bits per heavy atom. The number of aliphatic hydroxyl groups is 1. The molecule has 0 aromatic carbocycles. The monoisotopic (exact) mass is 162 g/mol. The molecular formula is C8H18O3. The summed E-state index contributed by atoms with van der Waals surface area (Å²) in [5, 5.41) is 9.06. The fourth-order valence-electron chi connectivity index (χ4n) is 0.690. The van der Waals surface area contributed by atoms with Gasteiger partial charge in [0.25, 0.3) is 0 Å². The van der Waals surface area contributed by atoms with Crippen molar-refractivity contribution in [1.29, 1.82) is 0 Å². The van der Waals surface area contributed by atoms with Crippen molar-refractivity contribution >= 4 is 0 Å². The Labute approximate surface area is 68.3 Å². The summed E-state index contributed by atoms with van der Waals surface area (Å²) in [4.78, 5) is 0. The van der Waals surface area contributed by atoms with E-state index in [0.717, 1.165) is 0 Å². The van der Waals surface area contributed by atoms with E-state index in [-0.39, 0.29) is 12.4 Å². The predicted molar refractivity (Wildman–Crippen MR) is 43.3 cm³/mol. The van der Waals surface area contributed by atoms with Crippen molar-refractivity contribution in [3.63, 3.8) is 0 Å². The smallest absolute Gasteiger partial charge is 0.155 e. The minimum atomic E-state index is -0.446. The van der Waals surface area contributed by atoms with Gasteiger partial charge < -0.3 is 14.6 Å². The average Bonchev–Trinajstić information content (AvgIpc) is 1.87. The summed E-state index contributed by atoms with van der Waals surface area (Å²) in [6.45, 7) is 7.88. The molecule has 0 aromatic heterocycles. The van der Waals surface area contributed by atoms with Gasteiger partial charge in [-0.1, -0.05) is 0 Å². The third-order valence-electron chi connectivity index (χ3n) is 1.49. The number of hydrogen-bond donors (Lipinski definition) is 1. The first-order valence-corrected chi connectivity index (χ1v) is 4.03. The largest absolute Gasteiger partial charge is 0.391 e. The van der Waals surface area contributed by atoms with Gasteiger partial charge in [0.05, 0.1) is 12.2 Å². The van der Waals surface area contributed by atoms with Gasteiger partial charge in [-0.15, -0.1) is 0 Å². The molecule has 0 saturated heterocycles. The van der Waals surface area contributed by atoms with Crippen molar-refractivity contribution in [2.75, 3.05) is 6.61 Å². The van der Waals surface area contributed by atoms with E-state index >= 15 is 0 Å². The third kappa shape index (κ3) is 5.18. The lowest BCUT2D eigenvalue weighted by atomic mass is 10.3. The molecule has 0 fully saturated rings. The maximum Gasteiger partial charge on any atom is 0.155 e. The van der Waals surface area contributed by atoms with E-state index in [9.17, 15) is 0 Å². The van der Waals surface area contributed by atoms with Crippen molar-refractivity contribution in [3.05, 3.63) is 0 Å². The Hall–Kier alpha value is -0.120. The van der Waals surface area contributed by atoms with Gasteiger partial charge in [0, 0.05) is 6.61 Å². The van der Waals surface area contributed by atoms with Crippen LogP contribution < -0.4 is 0 Å². The lowest BCUT2D eigenvalue weighted by Gasteiger charge is -2.20. The summed E-state index contributed by atoms with van der Waals surface area (Å²) in [6.07, 6.45) is -0.848. The second-order valence-corrected chi connectivity index (χ2v) is 2.60. The van der Waals surface area contributed by atoms with Crippen LogP contribution in [-0.2, 0) is 9.47 Å². The maximum absolute atomic E-state index is 9.06. The molecule has 0 aliphatic heterocycles. The van der Waals surface area contributed by atoms with Crippen LogP contribution in [0.1, 0.15) is 27.7 Å². The van der Waals surface area contributed by atoms with Crippen molar-refractivity contribution in [3.8, 4) is 0 Å². The van der Waals surface area contributed by atoms with Gasteiger partial charge in [-0.3, -0.25) is 0 Å². The van der Waals surface area contributed by atoms with E-state index in [0.29, 0.717) is 6.61 Å². The molecular weight excluding hydrogens is 144 g/mol. The minimum Gasteiger partial charge on any atom is -0.391 e. The molecule has 3 nitrogen and oxygen atoms in total. The highest BCUT2D eigenvalue weighted by Gasteiger charge is 2.12. The van der Waals surface area contributed by atoms with E-state index in [1.807, 2.05) is 20.8 Å². The molecule has 0 bridgehead atoms. The van der Waals surface area contributed by atoms with Crippen molar-refractivity contribution < 1.29 is 14.6 Å². The van der Waals surface area contributed by atoms with Crippen LogP contribution >= 0.6 is 0 Å². The first kappa shape index (κ1) is 10.9. The highest BCUT2D eigenvalue weighted by Crippen LogP contribution is 2.03. The fourth-order valence-corrected chi connectivity index (χ4v) is 0.690. The van der Waals surface area contributed by atoms with E-state index < -0.39 is 6.10 Å². The summed E-state index contributed by atoms with van der Waals surface area (Å²) in [5.74, 6) is 0. The molecule has 0 radical (unpaired) electrons. The number of hydrogen-bond acceptors (Lipinski definition) is 3. The van der Waals surface area contributed by atoms with E-state index in [1.54, 1.807) is 6.92 Å². The summed E-state index contributed by atoms with van der Waals surface area (Å²) in [7, 11) is 0. The SMILES string of the molecule is CCOC(C)OC(C)C(C)O. The lowest BCUT2D eigenvalue weighted by Crippen LogP contribution is -2.28. The molecule has 11 heavy (non-hydrogen) atoms. The molecule has 68 valence electrons. The van der Waals surface area contributed by atoms with Gasteiger partial charge in [0.15, 0.2) is 6.29 Å². The average molecular weight is 162 g/mol. The molecule has 1 N–H and O–H groups in total. The van der Waals surface area contributed by atoms with E-state index in [2.05, 4.69) is 0 Å². The molecule has 3 unspecified atom stereocenters. The summed E-state index contributed by atoms with van der Waals surface area (Å²) >= 11 is 0. The molecule has 0 aliphatic carbocycles. The van der Waals surface area contributed by atoms with Crippen LogP contribution in [0.2, 0.25) is 0 Å². The summed E-state index contributed by atoms with van der Waals surface area (Å²) in [6, 6.07) is 0. The van der Waals surface area contributed by atoms with E-state index in [1.165, 1.54) is 0 Å². The van der Waals surface area contributed by atoms with Gasteiger partial charge in [0.2, 0.25) is 0 Å². The van der Waals surface area contributed by atoms with Crippen molar-refractivity contribution in [2.45, 2.75) is 46.2 Å². The predicted octanol–water partition coefficient (Wildman–Crippen LogP) is 1.15. The highest BCUT2D eigenvalue weighted by molar-refractivity contribution is 4.56. The zero-order valence-corrected chi connectivity index (χ0v) is 7.70.